The van der Waals surface area contributed by atoms with Crippen molar-refractivity contribution in [1.82, 2.24) is 25.5 Å². The summed E-state index contributed by atoms with van der Waals surface area (Å²) in [4.78, 5) is 0. The molecule has 0 aliphatic heterocycles. The molecule has 1 heterocycles. The Balaban J connectivity index is 2.51. The molecule has 20 heavy (non-hydrogen) atoms. The van der Waals surface area contributed by atoms with Gasteiger partial charge in [-0.25, -0.2) is 4.68 Å². The number of tetrazole rings is 1. The van der Waals surface area contributed by atoms with Crippen LogP contribution in [0.1, 0.15) is 64.9 Å². The minimum absolute atomic E-state index is 0.132. The smallest absolute Gasteiger partial charge is 0.168 e. The number of rotatable bonds is 10. The minimum Gasteiger partial charge on any atom is -0.383 e. The summed E-state index contributed by atoms with van der Waals surface area (Å²) in [5, 5.41) is 15.5. The first-order chi connectivity index (χ1) is 9.56. The lowest BCUT2D eigenvalue weighted by molar-refractivity contribution is 0.195. The van der Waals surface area contributed by atoms with Crippen molar-refractivity contribution in [3.63, 3.8) is 0 Å². The first-order valence-electron chi connectivity index (χ1n) is 7.56. The van der Waals surface area contributed by atoms with Crippen LogP contribution in [0.15, 0.2) is 0 Å². The zero-order valence-electron chi connectivity index (χ0n) is 13.5. The quantitative estimate of drug-likeness (QED) is 0.668. The molecule has 2 unspecified atom stereocenters. The summed E-state index contributed by atoms with van der Waals surface area (Å²) < 4.78 is 6.99. The van der Waals surface area contributed by atoms with E-state index in [0.717, 1.165) is 24.7 Å². The van der Waals surface area contributed by atoms with Gasteiger partial charge in [0.25, 0.3) is 0 Å². The Bertz CT molecular complexity index is 366. The normalized spacial score (nSPS) is 14.7. The third kappa shape index (κ3) is 5.54. The molecule has 6 heteroatoms. The molecule has 6 nitrogen and oxygen atoms in total. The van der Waals surface area contributed by atoms with E-state index in [-0.39, 0.29) is 6.04 Å². The lowest BCUT2D eigenvalue weighted by Crippen LogP contribution is -2.26. The SMILES string of the molecule is COCCNC(C)c1nnnn1C(C)CCCC(C)C. The van der Waals surface area contributed by atoms with E-state index in [1.54, 1.807) is 7.11 Å². The highest BCUT2D eigenvalue weighted by atomic mass is 16.5. The van der Waals surface area contributed by atoms with Crippen molar-refractivity contribution in [2.75, 3.05) is 20.3 Å². The molecule has 1 aromatic heterocycles. The Morgan fingerprint density at radius 3 is 2.60 bits per heavy atom. The van der Waals surface area contributed by atoms with Crippen molar-refractivity contribution in [3.05, 3.63) is 5.82 Å². The van der Waals surface area contributed by atoms with E-state index in [9.17, 15) is 0 Å². The summed E-state index contributed by atoms with van der Waals surface area (Å²) in [6.07, 6.45) is 3.58. The second-order valence-corrected chi connectivity index (χ2v) is 5.82. The lowest BCUT2D eigenvalue weighted by Gasteiger charge is -2.18. The summed E-state index contributed by atoms with van der Waals surface area (Å²) >= 11 is 0. The molecule has 0 amide bonds. The summed E-state index contributed by atoms with van der Waals surface area (Å²) in [7, 11) is 1.70. The molecule has 0 aliphatic rings. The van der Waals surface area contributed by atoms with Gasteiger partial charge in [0.05, 0.1) is 18.7 Å². The van der Waals surface area contributed by atoms with Crippen LogP contribution < -0.4 is 5.32 Å². The summed E-state index contributed by atoms with van der Waals surface area (Å²) in [6, 6.07) is 0.470. The number of aromatic nitrogens is 4. The molecule has 0 fully saturated rings. The maximum atomic E-state index is 5.04. The van der Waals surface area contributed by atoms with Gasteiger partial charge in [-0.2, -0.15) is 0 Å². The van der Waals surface area contributed by atoms with E-state index in [2.05, 4.69) is 48.5 Å². The van der Waals surface area contributed by atoms with Crippen molar-refractivity contribution in [1.29, 1.82) is 0 Å². The van der Waals surface area contributed by atoms with E-state index < -0.39 is 0 Å². The molecule has 0 bridgehead atoms. The van der Waals surface area contributed by atoms with Crippen LogP contribution >= 0.6 is 0 Å². The molecule has 2 atom stereocenters. The maximum absolute atomic E-state index is 5.04. The maximum Gasteiger partial charge on any atom is 0.168 e. The number of hydrogen-bond donors (Lipinski definition) is 1. The molecule has 1 N–H and O–H groups in total. The van der Waals surface area contributed by atoms with Gasteiger partial charge in [0.15, 0.2) is 5.82 Å². The van der Waals surface area contributed by atoms with Gasteiger partial charge in [-0.15, -0.1) is 5.10 Å². The number of ether oxygens (including phenoxy) is 1. The molecule has 116 valence electrons. The zero-order chi connectivity index (χ0) is 15.0. The molecule has 0 saturated heterocycles. The fraction of sp³-hybridized carbons (Fsp3) is 0.929. The van der Waals surface area contributed by atoms with Crippen molar-refractivity contribution < 1.29 is 4.74 Å². The Hall–Kier alpha value is -1.01. The highest BCUT2D eigenvalue weighted by Gasteiger charge is 2.17. The summed E-state index contributed by atoms with van der Waals surface area (Å²) in [5.41, 5.74) is 0. The van der Waals surface area contributed by atoms with Gasteiger partial charge in [0.2, 0.25) is 0 Å². The topological polar surface area (TPSA) is 64.9 Å². The Morgan fingerprint density at radius 1 is 1.20 bits per heavy atom. The van der Waals surface area contributed by atoms with Crippen LogP contribution in [0.25, 0.3) is 0 Å². The van der Waals surface area contributed by atoms with Crippen molar-refractivity contribution in [2.24, 2.45) is 5.92 Å². The zero-order valence-corrected chi connectivity index (χ0v) is 13.5. The van der Waals surface area contributed by atoms with Gasteiger partial charge in [-0.05, 0) is 36.6 Å². The van der Waals surface area contributed by atoms with Crippen molar-refractivity contribution in [2.45, 2.75) is 59.0 Å². The Labute approximate surface area is 122 Å². The van der Waals surface area contributed by atoms with Gasteiger partial charge in [-0.3, -0.25) is 0 Å². The van der Waals surface area contributed by atoms with Crippen molar-refractivity contribution >= 4 is 0 Å². The van der Waals surface area contributed by atoms with Gasteiger partial charge in [-0.1, -0.05) is 26.7 Å². The molecule has 0 aliphatic carbocycles. The van der Waals surface area contributed by atoms with Crippen LogP contribution in [0.4, 0.5) is 0 Å². The largest absolute Gasteiger partial charge is 0.383 e. The summed E-state index contributed by atoms with van der Waals surface area (Å²) in [5.74, 6) is 1.66. The predicted molar refractivity (Wildman–Crippen MR) is 79.5 cm³/mol. The van der Waals surface area contributed by atoms with Crippen LogP contribution in [-0.4, -0.2) is 40.5 Å². The summed E-state index contributed by atoms with van der Waals surface area (Å²) in [6.45, 7) is 10.3. The molecule has 1 aromatic rings. The van der Waals surface area contributed by atoms with E-state index in [4.69, 9.17) is 4.74 Å². The van der Waals surface area contributed by atoms with Crippen LogP contribution in [0.5, 0.6) is 0 Å². The fourth-order valence-corrected chi connectivity index (χ4v) is 2.21. The minimum atomic E-state index is 0.132. The highest BCUT2D eigenvalue weighted by molar-refractivity contribution is 4.91. The predicted octanol–water partition coefficient (Wildman–Crippen LogP) is 2.36. The van der Waals surface area contributed by atoms with E-state index in [0.29, 0.717) is 12.6 Å². The molecule has 0 aromatic carbocycles. The Morgan fingerprint density at radius 2 is 1.95 bits per heavy atom. The number of methoxy groups -OCH3 is 1. The Kier molecular flexibility index (Phi) is 7.69. The molecule has 0 saturated carbocycles. The van der Waals surface area contributed by atoms with E-state index >= 15 is 0 Å². The van der Waals surface area contributed by atoms with Crippen LogP contribution in [-0.2, 0) is 4.74 Å². The van der Waals surface area contributed by atoms with Crippen molar-refractivity contribution in [3.8, 4) is 0 Å². The van der Waals surface area contributed by atoms with Gasteiger partial charge in [0, 0.05) is 13.7 Å². The van der Waals surface area contributed by atoms with Crippen LogP contribution in [0.2, 0.25) is 0 Å². The second-order valence-electron chi connectivity index (χ2n) is 5.82. The highest BCUT2D eigenvalue weighted by Crippen LogP contribution is 2.19. The fourth-order valence-electron chi connectivity index (χ4n) is 2.21. The monoisotopic (exact) mass is 283 g/mol. The van der Waals surface area contributed by atoms with Crippen LogP contribution in [0, 0.1) is 5.92 Å². The second kappa shape index (κ2) is 9.02. The third-order valence-electron chi connectivity index (χ3n) is 3.48. The van der Waals surface area contributed by atoms with Gasteiger partial charge >= 0.3 is 0 Å². The van der Waals surface area contributed by atoms with Gasteiger partial charge < -0.3 is 10.1 Å². The first kappa shape index (κ1) is 17.0. The van der Waals surface area contributed by atoms with Gasteiger partial charge in [0.1, 0.15) is 0 Å². The average molecular weight is 283 g/mol. The molecular weight excluding hydrogens is 254 g/mol. The number of nitrogens with one attached hydrogen (secondary N) is 1. The number of nitrogens with zero attached hydrogens (tertiary/aromatic N) is 4. The lowest BCUT2D eigenvalue weighted by atomic mass is 10.0. The van der Waals surface area contributed by atoms with Crippen LogP contribution in [0.3, 0.4) is 0 Å². The molecular formula is C14H29N5O. The molecule has 1 rings (SSSR count). The standard InChI is InChI=1S/C14H29N5O/c1-11(2)7-6-8-12(3)19-14(16-17-18-19)13(4)15-9-10-20-5/h11-13,15H,6-10H2,1-5H3. The third-order valence-corrected chi connectivity index (χ3v) is 3.48. The van der Waals surface area contributed by atoms with E-state index in [1.165, 1.54) is 12.8 Å². The first-order valence-corrected chi connectivity index (χ1v) is 7.56. The molecule has 0 spiro atoms. The molecule has 0 radical (unpaired) electrons. The average Bonchev–Trinajstić information content (AvgIpc) is 2.87. The van der Waals surface area contributed by atoms with E-state index in [1.807, 2.05) is 4.68 Å². The number of hydrogen-bond acceptors (Lipinski definition) is 5.